The van der Waals surface area contributed by atoms with E-state index in [2.05, 4.69) is 10.1 Å². The number of nitro benzene ring substituents is 1. The van der Waals surface area contributed by atoms with Gasteiger partial charge in [-0.3, -0.25) is 19.6 Å². The van der Waals surface area contributed by atoms with Crippen LogP contribution in [0.1, 0.15) is 50.4 Å². The number of nitro groups is 1. The number of rotatable bonds is 3. The first kappa shape index (κ1) is 19.7. The van der Waals surface area contributed by atoms with Crippen LogP contribution in [0.25, 0.3) is 0 Å². The van der Waals surface area contributed by atoms with E-state index >= 15 is 0 Å². The van der Waals surface area contributed by atoms with Gasteiger partial charge in [0.1, 0.15) is 11.5 Å². The maximum atomic E-state index is 13.1. The molecule has 1 aromatic heterocycles. The van der Waals surface area contributed by atoms with Crippen molar-refractivity contribution in [2.75, 3.05) is 0 Å². The molecule has 2 atom stereocenters. The Morgan fingerprint density at radius 1 is 1.25 bits per heavy atom. The molecule has 1 aliphatic heterocycles. The Bertz CT molecular complexity index is 985. The first-order valence-electron chi connectivity index (χ1n) is 9.06. The second kappa shape index (κ2) is 6.85. The molecule has 28 heavy (non-hydrogen) atoms. The molecular weight excluding hydrogens is 360 g/mol. The summed E-state index contributed by atoms with van der Waals surface area (Å²) in [6, 6.07) is 6.49. The minimum atomic E-state index is -0.768. The van der Waals surface area contributed by atoms with Crippen molar-refractivity contribution in [2.45, 2.75) is 46.1 Å². The average Bonchev–Trinajstić information content (AvgIpc) is 2.85. The molecule has 3 rings (SSSR count). The summed E-state index contributed by atoms with van der Waals surface area (Å²) in [6.07, 6.45) is 0. The first-order chi connectivity index (χ1) is 13.0. The molecule has 0 saturated carbocycles. The number of carbonyl (C=O) groups is 1. The van der Waals surface area contributed by atoms with Crippen LogP contribution in [-0.4, -0.2) is 32.0 Å². The zero-order valence-corrected chi connectivity index (χ0v) is 16.9. The Morgan fingerprint density at radius 2 is 1.89 bits per heavy atom. The van der Waals surface area contributed by atoms with Crippen LogP contribution in [0.5, 0.6) is 0 Å². The zero-order valence-electron chi connectivity index (χ0n) is 16.9. The summed E-state index contributed by atoms with van der Waals surface area (Å²) < 4.78 is 7.28. The second-order valence-electron chi connectivity index (χ2n) is 8.00. The number of para-hydroxylation sites is 1. The largest absolute Gasteiger partial charge is 0.459 e. The third kappa shape index (κ3) is 3.42. The van der Waals surface area contributed by atoms with Crippen LogP contribution in [0.4, 0.5) is 11.5 Å². The van der Waals surface area contributed by atoms with Gasteiger partial charge in [-0.1, -0.05) is 18.2 Å². The highest BCUT2D eigenvalue weighted by Crippen LogP contribution is 2.46. The van der Waals surface area contributed by atoms with E-state index in [1.165, 1.54) is 6.07 Å². The number of fused-ring (bicyclic) bond motifs is 1. The molecule has 0 amide bonds. The van der Waals surface area contributed by atoms with Gasteiger partial charge in [-0.25, -0.2) is 4.99 Å². The summed E-state index contributed by atoms with van der Waals surface area (Å²) in [7, 11) is 1.77. The van der Waals surface area contributed by atoms with Gasteiger partial charge in [-0.05, 0) is 34.6 Å². The topological polar surface area (TPSA) is 99.6 Å². The van der Waals surface area contributed by atoms with Crippen molar-refractivity contribution in [1.29, 1.82) is 0 Å². The quantitative estimate of drug-likeness (QED) is 0.455. The van der Waals surface area contributed by atoms with Gasteiger partial charge in [0.15, 0.2) is 5.82 Å². The third-order valence-electron chi connectivity index (χ3n) is 4.74. The molecule has 0 aliphatic carbocycles. The summed E-state index contributed by atoms with van der Waals surface area (Å²) in [5.74, 6) is -1.21. The molecule has 0 bridgehead atoms. The lowest BCUT2D eigenvalue weighted by atomic mass is 9.76. The number of benzene rings is 1. The van der Waals surface area contributed by atoms with E-state index in [-0.39, 0.29) is 5.69 Å². The number of aryl methyl sites for hydroxylation is 2. The number of ether oxygens (including phenoxy) is 1. The van der Waals surface area contributed by atoms with Gasteiger partial charge in [0.2, 0.25) is 0 Å². The number of aliphatic imine (C=N–C) groups is 1. The fourth-order valence-electron chi connectivity index (χ4n) is 3.73. The number of hydrogen-bond donors (Lipinski definition) is 0. The van der Waals surface area contributed by atoms with E-state index in [1.54, 1.807) is 57.6 Å². The van der Waals surface area contributed by atoms with E-state index in [4.69, 9.17) is 4.74 Å². The lowest BCUT2D eigenvalue weighted by Gasteiger charge is -2.32. The number of esters is 1. The number of aromatic nitrogens is 2. The predicted octanol–water partition coefficient (Wildman–Crippen LogP) is 3.83. The molecule has 1 aromatic carbocycles. The summed E-state index contributed by atoms with van der Waals surface area (Å²) >= 11 is 0. The van der Waals surface area contributed by atoms with Crippen LogP contribution < -0.4 is 0 Å². The Hall–Kier alpha value is -3.03. The monoisotopic (exact) mass is 384 g/mol. The van der Waals surface area contributed by atoms with E-state index in [1.807, 2.05) is 6.92 Å². The summed E-state index contributed by atoms with van der Waals surface area (Å²) in [6.45, 7) is 8.95. The predicted molar refractivity (Wildman–Crippen MR) is 105 cm³/mol. The molecule has 2 unspecified atom stereocenters. The van der Waals surface area contributed by atoms with Crippen LogP contribution in [0.3, 0.4) is 0 Å². The summed E-state index contributed by atoms with van der Waals surface area (Å²) in [5, 5.41) is 16.1. The molecule has 8 nitrogen and oxygen atoms in total. The van der Waals surface area contributed by atoms with Crippen molar-refractivity contribution >= 4 is 23.2 Å². The zero-order chi connectivity index (χ0) is 20.8. The van der Waals surface area contributed by atoms with Crippen molar-refractivity contribution in [3.8, 4) is 0 Å². The van der Waals surface area contributed by atoms with Gasteiger partial charge in [0, 0.05) is 35.9 Å². The van der Waals surface area contributed by atoms with Gasteiger partial charge in [0.05, 0.1) is 10.6 Å². The van der Waals surface area contributed by atoms with E-state index in [0.29, 0.717) is 22.8 Å². The van der Waals surface area contributed by atoms with E-state index in [9.17, 15) is 14.9 Å². The highest BCUT2D eigenvalue weighted by atomic mass is 16.6. The lowest BCUT2D eigenvalue weighted by molar-refractivity contribution is -0.385. The number of nitrogens with zero attached hydrogens (tertiary/aromatic N) is 4. The highest BCUT2D eigenvalue weighted by Gasteiger charge is 2.44. The van der Waals surface area contributed by atoms with Crippen molar-refractivity contribution < 1.29 is 14.5 Å². The van der Waals surface area contributed by atoms with Crippen molar-refractivity contribution in [2.24, 2.45) is 18.0 Å². The summed E-state index contributed by atoms with van der Waals surface area (Å²) in [5.41, 5.74) is 1.69. The van der Waals surface area contributed by atoms with Crippen LogP contribution in [0, 0.1) is 23.0 Å². The Kier molecular flexibility index (Phi) is 4.82. The lowest BCUT2D eigenvalue weighted by Crippen LogP contribution is -2.37. The minimum absolute atomic E-state index is 0.0371. The third-order valence-corrected chi connectivity index (χ3v) is 4.74. The van der Waals surface area contributed by atoms with Gasteiger partial charge < -0.3 is 4.74 Å². The van der Waals surface area contributed by atoms with Crippen LogP contribution in [-0.2, 0) is 16.6 Å². The molecule has 2 aromatic rings. The van der Waals surface area contributed by atoms with Gasteiger partial charge in [0.25, 0.3) is 5.69 Å². The minimum Gasteiger partial charge on any atom is -0.459 e. The molecule has 148 valence electrons. The molecule has 0 N–H and O–H groups in total. The molecule has 0 fully saturated rings. The fraction of sp³-hybridized carbons (Fsp3) is 0.450. The number of hydrogen-bond acceptors (Lipinski definition) is 6. The van der Waals surface area contributed by atoms with Crippen molar-refractivity contribution in [3.63, 3.8) is 0 Å². The second-order valence-corrected chi connectivity index (χ2v) is 8.00. The van der Waals surface area contributed by atoms with Crippen LogP contribution in [0.2, 0.25) is 0 Å². The van der Waals surface area contributed by atoms with Crippen molar-refractivity contribution in [1.82, 2.24) is 9.78 Å². The van der Waals surface area contributed by atoms with Crippen LogP contribution in [0.15, 0.2) is 29.3 Å². The summed E-state index contributed by atoms with van der Waals surface area (Å²) in [4.78, 5) is 29.0. The van der Waals surface area contributed by atoms with Gasteiger partial charge >= 0.3 is 5.97 Å². The standard InChI is InChI=1S/C20H24N4O4/c1-11-16(19(25)28-20(3,4)5)17(13-9-7-8-10-14(13)24(26)27)15-12(2)22-23(6)18(15)21-11/h7-10,16-17H,1-6H3. The maximum absolute atomic E-state index is 13.1. The molecule has 2 heterocycles. The normalized spacial score (nSPS) is 19.0. The molecule has 0 saturated heterocycles. The van der Waals surface area contributed by atoms with E-state index < -0.39 is 28.3 Å². The fourth-order valence-corrected chi connectivity index (χ4v) is 3.73. The van der Waals surface area contributed by atoms with Crippen molar-refractivity contribution in [3.05, 3.63) is 51.2 Å². The van der Waals surface area contributed by atoms with Gasteiger partial charge in [-0.2, -0.15) is 5.10 Å². The average molecular weight is 384 g/mol. The van der Waals surface area contributed by atoms with E-state index in [0.717, 1.165) is 5.56 Å². The Balaban J connectivity index is 2.26. The number of carbonyl (C=O) groups excluding carboxylic acids is 1. The van der Waals surface area contributed by atoms with Crippen LogP contribution >= 0.6 is 0 Å². The SMILES string of the molecule is CC1=Nc2c(c(C)nn2C)C(c2ccccc2[N+](=O)[O-])C1C(=O)OC(C)(C)C. The van der Waals surface area contributed by atoms with Gasteiger partial charge in [-0.15, -0.1) is 0 Å². The smallest absolute Gasteiger partial charge is 0.316 e. The first-order valence-corrected chi connectivity index (χ1v) is 9.06. The molecule has 8 heteroatoms. The maximum Gasteiger partial charge on any atom is 0.316 e. The molecule has 0 spiro atoms. The highest BCUT2D eigenvalue weighted by molar-refractivity contribution is 6.05. The Labute approximate surface area is 163 Å². The molecule has 0 radical (unpaired) electrons. The molecular formula is C20H24N4O4. The Morgan fingerprint density at radius 3 is 2.50 bits per heavy atom. The molecule has 1 aliphatic rings.